The minimum Gasteiger partial charge on any atom is -0.497 e. The Morgan fingerprint density at radius 1 is 1.50 bits per heavy atom. The van der Waals surface area contributed by atoms with Gasteiger partial charge in [-0.05, 0) is 37.9 Å². The molecule has 1 aromatic rings. The Hall–Kier alpha value is -1.55. The highest BCUT2D eigenvalue weighted by Crippen LogP contribution is 2.33. The summed E-state index contributed by atoms with van der Waals surface area (Å²) in [6.07, 6.45) is 3.97. The number of amides is 1. The monoisotopic (exact) mass is 276 g/mol. The first-order chi connectivity index (χ1) is 9.70. The minimum atomic E-state index is -0.268. The van der Waals surface area contributed by atoms with Crippen LogP contribution < -0.4 is 15.4 Å². The van der Waals surface area contributed by atoms with E-state index in [4.69, 9.17) is 4.74 Å². The summed E-state index contributed by atoms with van der Waals surface area (Å²) >= 11 is 0. The molecule has 1 heterocycles. The number of carbonyl (C=O) groups is 1. The number of hydrogen-bond donors (Lipinski definition) is 2. The molecule has 0 spiro atoms. The Balaban J connectivity index is 2.11. The molecule has 1 aliphatic heterocycles. The molecule has 1 unspecified atom stereocenters. The Bertz CT molecular complexity index is 448. The SMILES string of the molecule is CCCC1(C(=O)Nc2cccc(OC)c2)CCCNC1. The van der Waals surface area contributed by atoms with Gasteiger partial charge < -0.3 is 15.4 Å². The molecule has 2 rings (SSSR count). The number of hydrogen-bond acceptors (Lipinski definition) is 3. The van der Waals surface area contributed by atoms with Gasteiger partial charge in [-0.1, -0.05) is 19.4 Å². The number of methoxy groups -OCH3 is 1. The molecular formula is C16H24N2O2. The zero-order chi connectivity index (χ0) is 14.4. The van der Waals surface area contributed by atoms with Crippen LogP contribution in [-0.2, 0) is 4.79 Å². The topological polar surface area (TPSA) is 50.4 Å². The normalized spacial score (nSPS) is 22.3. The van der Waals surface area contributed by atoms with Crippen molar-refractivity contribution < 1.29 is 9.53 Å². The molecule has 1 aromatic carbocycles. The van der Waals surface area contributed by atoms with Crippen molar-refractivity contribution in [3.63, 3.8) is 0 Å². The lowest BCUT2D eigenvalue weighted by atomic mass is 9.76. The molecule has 0 radical (unpaired) electrons. The van der Waals surface area contributed by atoms with Crippen molar-refractivity contribution in [3.05, 3.63) is 24.3 Å². The van der Waals surface area contributed by atoms with E-state index in [2.05, 4.69) is 17.6 Å². The average Bonchev–Trinajstić information content (AvgIpc) is 2.48. The molecule has 0 aliphatic carbocycles. The Kier molecular flexibility index (Phi) is 5.01. The number of rotatable bonds is 5. The first kappa shape index (κ1) is 14.9. The van der Waals surface area contributed by atoms with E-state index in [9.17, 15) is 4.79 Å². The second-order valence-electron chi connectivity index (χ2n) is 5.50. The molecule has 1 amide bonds. The van der Waals surface area contributed by atoms with Crippen LogP contribution in [0.1, 0.15) is 32.6 Å². The highest BCUT2D eigenvalue weighted by molar-refractivity contribution is 5.95. The highest BCUT2D eigenvalue weighted by atomic mass is 16.5. The van der Waals surface area contributed by atoms with Gasteiger partial charge in [-0.15, -0.1) is 0 Å². The molecule has 1 aliphatic rings. The second-order valence-corrected chi connectivity index (χ2v) is 5.50. The van der Waals surface area contributed by atoms with Crippen molar-refractivity contribution in [3.8, 4) is 5.75 Å². The number of nitrogens with one attached hydrogen (secondary N) is 2. The first-order valence-corrected chi connectivity index (χ1v) is 7.36. The van der Waals surface area contributed by atoms with Crippen molar-refractivity contribution in [2.24, 2.45) is 5.41 Å². The fourth-order valence-electron chi connectivity index (χ4n) is 2.93. The smallest absolute Gasteiger partial charge is 0.231 e. The summed E-state index contributed by atoms with van der Waals surface area (Å²) in [7, 11) is 1.63. The third-order valence-electron chi connectivity index (χ3n) is 4.01. The molecule has 1 atom stereocenters. The maximum absolute atomic E-state index is 12.7. The van der Waals surface area contributed by atoms with Gasteiger partial charge >= 0.3 is 0 Å². The lowest BCUT2D eigenvalue weighted by molar-refractivity contribution is -0.127. The van der Waals surface area contributed by atoms with Crippen molar-refractivity contribution in [2.75, 3.05) is 25.5 Å². The first-order valence-electron chi connectivity index (χ1n) is 7.36. The fourth-order valence-corrected chi connectivity index (χ4v) is 2.93. The zero-order valence-electron chi connectivity index (χ0n) is 12.4. The van der Waals surface area contributed by atoms with Crippen LogP contribution in [-0.4, -0.2) is 26.1 Å². The van der Waals surface area contributed by atoms with Gasteiger partial charge in [0.2, 0.25) is 5.91 Å². The molecule has 0 aromatic heterocycles. The number of benzene rings is 1. The van der Waals surface area contributed by atoms with Crippen molar-refractivity contribution in [1.29, 1.82) is 0 Å². The molecule has 1 saturated heterocycles. The van der Waals surface area contributed by atoms with E-state index in [0.29, 0.717) is 0 Å². The molecule has 2 N–H and O–H groups in total. The van der Waals surface area contributed by atoms with Gasteiger partial charge in [0.15, 0.2) is 0 Å². The van der Waals surface area contributed by atoms with Crippen LogP contribution in [0.4, 0.5) is 5.69 Å². The molecule has 4 heteroatoms. The lowest BCUT2D eigenvalue weighted by Gasteiger charge is -2.36. The van der Waals surface area contributed by atoms with Crippen LogP contribution in [0.3, 0.4) is 0 Å². The molecule has 0 bridgehead atoms. The van der Waals surface area contributed by atoms with E-state index in [1.165, 1.54) is 0 Å². The number of piperidine rings is 1. The van der Waals surface area contributed by atoms with Gasteiger partial charge in [-0.2, -0.15) is 0 Å². The second kappa shape index (κ2) is 6.75. The van der Waals surface area contributed by atoms with Crippen LogP contribution in [0, 0.1) is 5.41 Å². The van der Waals surface area contributed by atoms with Gasteiger partial charge in [0, 0.05) is 18.3 Å². The minimum absolute atomic E-state index is 0.125. The van der Waals surface area contributed by atoms with E-state index < -0.39 is 0 Å². The van der Waals surface area contributed by atoms with E-state index in [1.54, 1.807) is 7.11 Å². The number of anilines is 1. The van der Waals surface area contributed by atoms with Crippen LogP contribution in [0.5, 0.6) is 5.75 Å². The van der Waals surface area contributed by atoms with Crippen LogP contribution >= 0.6 is 0 Å². The van der Waals surface area contributed by atoms with Crippen LogP contribution in [0.25, 0.3) is 0 Å². The van der Waals surface area contributed by atoms with Crippen molar-refractivity contribution in [1.82, 2.24) is 5.32 Å². The summed E-state index contributed by atoms with van der Waals surface area (Å²) in [5.74, 6) is 0.883. The Morgan fingerprint density at radius 2 is 2.35 bits per heavy atom. The van der Waals surface area contributed by atoms with E-state index in [-0.39, 0.29) is 11.3 Å². The van der Waals surface area contributed by atoms with Gasteiger partial charge in [0.1, 0.15) is 5.75 Å². The predicted molar refractivity (Wildman–Crippen MR) is 81.1 cm³/mol. The van der Waals surface area contributed by atoms with Crippen molar-refractivity contribution in [2.45, 2.75) is 32.6 Å². The lowest BCUT2D eigenvalue weighted by Crippen LogP contribution is -2.48. The molecule has 20 heavy (non-hydrogen) atoms. The zero-order valence-corrected chi connectivity index (χ0v) is 12.4. The third-order valence-corrected chi connectivity index (χ3v) is 4.01. The predicted octanol–water partition coefficient (Wildman–Crippen LogP) is 2.80. The summed E-state index contributed by atoms with van der Waals surface area (Å²) in [5, 5.41) is 6.42. The summed E-state index contributed by atoms with van der Waals surface area (Å²) in [6, 6.07) is 7.52. The fraction of sp³-hybridized carbons (Fsp3) is 0.562. The summed E-state index contributed by atoms with van der Waals surface area (Å²) in [5.41, 5.74) is 0.534. The van der Waals surface area contributed by atoms with Gasteiger partial charge in [0.25, 0.3) is 0 Å². The van der Waals surface area contributed by atoms with Crippen molar-refractivity contribution >= 4 is 11.6 Å². The molecule has 110 valence electrons. The van der Waals surface area contributed by atoms with E-state index in [1.807, 2.05) is 24.3 Å². The number of carbonyl (C=O) groups excluding carboxylic acids is 1. The van der Waals surface area contributed by atoms with Crippen LogP contribution in [0.15, 0.2) is 24.3 Å². The molecular weight excluding hydrogens is 252 g/mol. The highest BCUT2D eigenvalue weighted by Gasteiger charge is 2.38. The third kappa shape index (κ3) is 3.31. The Labute approximate surface area is 120 Å². The summed E-state index contributed by atoms with van der Waals surface area (Å²) in [6.45, 7) is 3.92. The quantitative estimate of drug-likeness (QED) is 0.869. The van der Waals surface area contributed by atoms with Crippen LogP contribution in [0.2, 0.25) is 0 Å². The Morgan fingerprint density at radius 3 is 3.00 bits per heavy atom. The maximum atomic E-state index is 12.7. The summed E-state index contributed by atoms with van der Waals surface area (Å²) in [4.78, 5) is 12.7. The number of ether oxygens (including phenoxy) is 1. The maximum Gasteiger partial charge on any atom is 0.231 e. The molecule has 4 nitrogen and oxygen atoms in total. The van der Waals surface area contributed by atoms with E-state index in [0.717, 1.165) is 50.2 Å². The van der Waals surface area contributed by atoms with Gasteiger partial charge in [-0.3, -0.25) is 4.79 Å². The molecule has 1 fully saturated rings. The van der Waals surface area contributed by atoms with Gasteiger partial charge in [-0.25, -0.2) is 0 Å². The average molecular weight is 276 g/mol. The van der Waals surface area contributed by atoms with Gasteiger partial charge in [0.05, 0.1) is 12.5 Å². The summed E-state index contributed by atoms with van der Waals surface area (Å²) < 4.78 is 5.19. The standard InChI is InChI=1S/C16H24N2O2/c1-3-8-16(9-5-10-17-12-16)15(19)18-13-6-4-7-14(11-13)20-2/h4,6-7,11,17H,3,5,8-10,12H2,1-2H3,(H,18,19). The van der Waals surface area contributed by atoms with E-state index >= 15 is 0 Å². The molecule has 0 saturated carbocycles. The largest absolute Gasteiger partial charge is 0.497 e.